The van der Waals surface area contributed by atoms with E-state index in [2.05, 4.69) is 11.8 Å². The van der Waals surface area contributed by atoms with Crippen molar-refractivity contribution in [3.8, 4) is 0 Å². The second-order valence-electron chi connectivity index (χ2n) is 4.68. The molecule has 0 amide bonds. The molecule has 0 aliphatic carbocycles. The number of aliphatic hydroxyl groups is 2. The normalized spacial score (nSPS) is 12.4. The third-order valence-electron chi connectivity index (χ3n) is 2.32. The number of hydrogen-bond acceptors (Lipinski definition) is 3. The Kier molecular flexibility index (Phi) is 7.15. The Bertz CT molecular complexity index is 137. The van der Waals surface area contributed by atoms with E-state index in [-0.39, 0.29) is 18.6 Å². The Morgan fingerprint density at radius 1 is 1.14 bits per heavy atom. The predicted octanol–water partition coefficient (Wildman–Crippen LogP) is 1.10. The molecule has 0 saturated carbocycles. The highest BCUT2D eigenvalue weighted by molar-refractivity contribution is 4.72. The summed E-state index contributed by atoms with van der Waals surface area (Å²) in [7, 11) is 0. The summed E-state index contributed by atoms with van der Waals surface area (Å²) in [6.45, 7) is 9.22. The number of nitrogens with zero attached hydrogens (tertiary/aromatic N) is 1. The van der Waals surface area contributed by atoms with E-state index in [1.807, 2.05) is 13.8 Å². The van der Waals surface area contributed by atoms with Gasteiger partial charge in [-0.05, 0) is 13.0 Å². The van der Waals surface area contributed by atoms with Gasteiger partial charge in [0.25, 0.3) is 0 Å². The molecule has 2 N–H and O–H groups in total. The van der Waals surface area contributed by atoms with Crippen molar-refractivity contribution in [2.24, 2.45) is 5.41 Å². The SMILES string of the molecule is CCCCN(CCO)CC(C)(C)CO. The summed E-state index contributed by atoms with van der Waals surface area (Å²) in [5, 5.41) is 18.0. The van der Waals surface area contributed by atoms with Crippen LogP contribution in [0, 0.1) is 5.41 Å². The molecule has 0 aromatic rings. The van der Waals surface area contributed by atoms with Crippen molar-refractivity contribution in [1.29, 1.82) is 0 Å². The van der Waals surface area contributed by atoms with Gasteiger partial charge >= 0.3 is 0 Å². The molecule has 0 bridgehead atoms. The zero-order chi connectivity index (χ0) is 11.0. The minimum Gasteiger partial charge on any atom is -0.396 e. The van der Waals surface area contributed by atoms with Crippen LogP contribution in [-0.4, -0.2) is 48.0 Å². The molecule has 3 nitrogen and oxygen atoms in total. The number of hydrogen-bond donors (Lipinski definition) is 2. The molecule has 0 unspecified atom stereocenters. The van der Waals surface area contributed by atoms with Gasteiger partial charge in [-0.3, -0.25) is 0 Å². The second-order valence-corrected chi connectivity index (χ2v) is 4.68. The quantitative estimate of drug-likeness (QED) is 0.621. The van der Waals surface area contributed by atoms with Crippen molar-refractivity contribution in [2.75, 3.05) is 32.8 Å². The minimum absolute atomic E-state index is 0.0666. The summed E-state index contributed by atoms with van der Waals surface area (Å²) in [6, 6.07) is 0. The van der Waals surface area contributed by atoms with Gasteiger partial charge in [0.2, 0.25) is 0 Å². The maximum absolute atomic E-state index is 9.15. The van der Waals surface area contributed by atoms with Crippen LogP contribution in [0.1, 0.15) is 33.6 Å². The fourth-order valence-electron chi connectivity index (χ4n) is 1.45. The summed E-state index contributed by atoms with van der Waals surface area (Å²) in [4.78, 5) is 2.22. The van der Waals surface area contributed by atoms with Gasteiger partial charge in [-0.1, -0.05) is 27.2 Å². The third-order valence-corrected chi connectivity index (χ3v) is 2.32. The topological polar surface area (TPSA) is 43.7 Å². The molecule has 14 heavy (non-hydrogen) atoms. The van der Waals surface area contributed by atoms with Gasteiger partial charge in [0.15, 0.2) is 0 Å². The summed E-state index contributed by atoms with van der Waals surface area (Å²) in [6.07, 6.45) is 2.32. The first kappa shape index (κ1) is 13.9. The van der Waals surface area contributed by atoms with Gasteiger partial charge in [0, 0.05) is 25.1 Å². The van der Waals surface area contributed by atoms with Crippen molar-refractivity contribution in [3.05, 3.63) is 0 Å². The molecule has 86 valence electrons. The van der Waals surface area contributed by atoms with Crippen molar-refractivity contribution in [3.63, 3.8) is 0 Å². The zero-order valence-corrected chi connectivity index (χ0v) is 9.79. The third kappa shape index (κ3) is 6.35. The Morgan fingerprint density at radius 2 is 1.79 bits per heavy atom. The van der Waals surface area contributed by atoms with E-state index in [0.29, 0.717) is 6.54 Å². The molecule has 0 fully saturated rings. The fourth-order valence-corrected chi connectivity index (χ4v) is 1.45. The van der Waals surface area contributed by atoms with Gasteiger partial charge in [-0.2, -0.15) is 0 Å². The van der Waals surface area contributed by atoms with E-state index >= 15 is 0 Å². The van der Waals surface area contributed by atoms with Crippen LogP contribution in [0.25, 0.3) is 0 Å². The van der Waals surface area contributed by atoms with Crippen molar-refractivity contribution in [1.82, 2.24) is 4.90 Å². The lowest BCUT2D eigenvalue weighted by Gasteiger charge is -2.30. The molecule has 0 atom stereocenters. The lowest BCUT2D eigenvalue weighted by atomic mass is 9.94. The number of unbranched alkanes of at least 4 members (excludes halogenated alkanes) is 1. The van der Waals surface area contributed by atoms with Gasteiger partial charge in [-0.15, -0.1) is 0 Å². The van der Waals surface area contributed by atoms with Crippen LogP contribution >= 0.6 is 0 Å². The Morgan fingerprint density at radius 3 is 2.21 bits per heavy atom. The molecule has 0 heterocycles. The molecule has 0 aliphatic heterocycles. The number of aliphatic hydroxyl groups excluding tert-OH is 2. The largest absolute Gasteiger partial charge is 0.396 e. The molecule has 3 heteroatoms. The molecule has 0 aromatic heterocycles. The van der Waals surface area contributed by atoms with Gasteiger partial charge < -0.3 is 15.1 Å². The molecule has 0 radical (unpaired) electrons. The molecule has 0 aliphatic rings. The Labute approximate surface area is 87.7 Å². The summed E-state index contributed by atoms with van der Waals surface area (Å²) in [5.74, 6) is 0. The minimum atomic E-state index is -0.0666. The van der Waals surface area contributed by atoms with Crippen LogP contribution in [0.5, 0.6) is 0 Å². The Hall–Kier alpha value is -0.120. The van der Waals surface area contributed by atoms with Crippen LogP contribution in [0.4, 0.5) is 0 Å². The van der Waals surface area contributed by atoms with Crippen LogP contribution in [-0.2, 0) is 0 Å². The highest BCUT2D eigenvalue weighted by Gasteiger charge is 2.20. The first-order chi connectivity index (χ1) is 6.55. The van der Waals surface area contributed by atoms with E-state index in [1.54, 1.807) is 0 Å². The summed E-state index contributed by atoms with van der Waals surface area (Å²) >= 11 is 0. The molecular formula is C11H25NO2. The molecule has 0 aromatic carbocycles. The average molecular weight is 203 g/mol. The van der Waals surface area contributed by atoms with Crippen LogP contribution in [0.3, 0.4) is 0 Å². The lowest BCUT2D eigenvalue weighted by Crippen LogP contribution is -2.38. The van der Waals surface area contributed by atoms with Gasteiger partial charge in [0.05, 0.1) is 6.61 Å². The van der Waals surface area contributed by atoms with Crippen molar-refractivity contribution < 1.29 is 10.2 Å². The van der Waals surface area contributed by atoms with E-state index in [4.69, 9.17) is 10.2 Å². The fraction of sp³-hybridized carbons (Fsp3) is 1.00. The zero-order valence-electron chi connectivity index (χ0n) is 9.79. The first-order valence-electron chi connectivity index (χ1n) is 5.50. The van der Waals surface area contributed by atoms with Crippen LogP contribution < -0.4 is 0 Å². The van der Waals surface area contributed by atoms with Crippen LogP contribution in [0.15, 0.2) is 0 Å². The van der Waals surface area contributed by atoms with E-state index in [1.165, 1.54) is 6.42 Å². The molecule has 0 saturated heterocycles. The van der Waals surface area contributed by atoms with Gasteiger partial charge in [-0.25, -0.2) is 0 Å². The predicted molar refractivity (Wildman–Crippen MR) is 59.3 cm³/mol. The summed E-state index contributed by atoms with van der Waals surface area (Å²) < 4.78 is 0. The Balaban J connectivity index is 3.94. The first-order valence-corrected chi connectivity index (χ1v) is 5.50. The van der Waals surface area contributed by atoms with E-state index < -0.39 is 0 Å². The van der Waals surface area contributed by atoms with E-state index in [9.17, 15) is 0 Å². The second kappa shape index (κ2) is 7.21. The van der Waals surface area contributed by atoms with Crippen molar-refractivity contribution >= 4 is 0 Å². The average Bonchev–Trinajstić information content (AvgIpc) is 2.14. The lowest BCUT2D eigenvalue weighted by molar-refractivity contribution is 0.0904. The van der Waals surface area contributed by atoms with Crippen molar-refractivity contribution in [2.45, 2.75) is 33.6 Å². The maximum Gasteiger partial charge on any atom is 0.0558 e. The number of rotatable bonds is 8. The molecular weight excluding hydrogens is 178 g/mol. The highest BCUT2D eigenvalue weighted by Crippen LogP contribution is 2.15. The van der Waals surface area contributed by atoms with Gasteiger partial charge in [0.1, 0.15) is 0 Å². The van der Waals surface area contributed by atoms with E-state index in [0.717, 1.165) is 19.5 Å². The van der Waals surface area contributed by atoms with Crippen LogP contribution in [0.2, 0.25) is 0 Å². The molecule has 0 rings (SSSR count). The smallest absolute Gasteiger partial charge is 0.0558 e. The maximum atomic E-state index is 9.15. The molecule has 0 spiro atoms. The monoisotopic (exact) mass is 203 g/mol. The summed E-state index contributed by atoms with van der Waals surface area (Å²) in [5.41, 5.74) is -0.0666. The highest BCUT2D eigenvalue weighted by atomic mass is 16.3. The standard InChI is InChI=1S/C11H25NO2/c1-4-5-6-12(7-8-13)9-11(2,3)10-14/h13-14H,4-10H2,1-3H3.